The summed E-state index contributed by atoms with van der Waals surface area (Å²) in [6.45, 7) is 6.46. The fourth-order valence-electron chi connectivity index (χ4n) is 3.15. The first-order valence-electron chi connectivity index (χ1n) is 7.32. The largest absolute Gasteiger partial charge is 0.377 e. The smallest absolute Gasteiger partial charge is 0.237 e. The second-order valence-corrected chi connectivity index (χ2v) is 5.70. The second-order valence-electron chi connectivity index (χ2n) is 5.70. The third kappa shape index (κ3) is 4.62. The van der Waals surface area contributed by atoms with Crippen LogP contribution >= 0.6 is 12.4 Å². The van der Waals surface area contributed by atoms with Crippen LogP contribution in [0.3, 0.4) is 0 Å². The number of nitrogens with zero attached hydrogens (tertiary/aromatic N) is 1. The molecule has 3 atom stereocenters. The summed E-state index contributed by atoms with van der Waals surface area (Å²) in [4.78, 5) is 14.3. The molecule has 1 amide bonds. The van der Waals surface area contributed by atoms with Gasteiger partial charge in [-0.1, -0.05) is 0 Å². The highest BCUT2D eigenvalue weighted by atomic mass is 35.5. The molecular formula is C14H27ClN2O2. The van der Waals surface area contributed by atoms with Gasteiger partial charge in [0.15, 0.2) is 0 Å². The van der Waals surface area contributed by atoms with E-state index in [1.807, 2.05) is 0 Å². The first kappa shape index (κ1) is 16.7. The molecule has 19 heavy (non-hydrogen) atoms. The lowest BCUT2D eigenvalue weighted by Crippen LogP contribution is -2.50. The molecule has 0 aliphatic carbocycles. The normalized spacial score (nSPS) is 31.1. The van der Waals surface area contributed by atoms with Crippen LogP contribution in [0.25, 0.3) is 0 Å². The van der Waals surface area contributed by atoms with Gasteiger partial charge in [0.25, 0.3) is 0 Å². The van der Waals surface area contributed by atoms with Gasteiger partial charge in [0.05, 0.1) is 12.6 Å². The maximum absolute atomic E-state index is 12.2. The van der Waals surface area contributed by atoms with E-state index in [0.717, 1.165) is 38.8 Å². The van der Waals surface area contributed by atoms with E-state index in [9.17, 15) is 4.79 Å². The first-order chi connectivity index (χ1) is 8.68. The van der Waals surface area contributed by atoms with Crippen LogP contribution in [0.2, 0.25) is 0 Å². The van der Waals surface area contributed by atoms with Crippen molar-refractivity contribution in [3.63, 3.8) is 0 Å². The molecule has 112 valence electrons. The summed E-state index contributed by atoms with van der Waals surface area (Å²) in [5, 5.41) is 3.25. The molecular weight excluding hydrogens is 264 g/mol. The molecule has 2 fully saturated rings. The lowest BCUT2D eigenvalue weighted by Gasteiger charge is -2.39. The predicted molar refractivity (Wildman–Crippen MR) is 78.7 cm³/mol. The molecule has 0 aromatic rings. The van der Waals surface area contributed by atoms with Crippen LogP contribution in [0.4, 0.5) is 0 Å². The van der Waals surface area contributed by atoms with Crippen molar-refractivity contribution >= 4 is 18.3 Å². The average Bonchev–Trinajstić information content (AvgIpc) is 2.82. The quantitative estimate of drug-likeness (QED) is 0.861. The Morgan fingerprint density at radius 2 is 1.89 bits per heavy atom. The Hall–Kier alpha value is -0.320. The fourth-order valence-corrected chi connectivity index (χ4v) is 3.15. The summed E-state index contributed by atoms with van der Waals surface area (Å²) in [6.07, 6.45) is 6.12. The molecule has 0 radical (unpaired) electrons. The number of carbonyl (C=O) groups excluding carboxylic acids is 1. The molecule has 0 saturated carbocycles. The highest BCUT2D eigenvalue weighted by Crippen LogP contribution is 2.22. The Bertz CT molecular complexity index is 273. The highest BCUT2D eigenvalue weighted by molar-refractivity contribution is 5.85. The van der Waals surface area contributed by atoms with Crippen molar-refractivity contribution in [2.24, 2.45) is 0 Å². The third-order valence-electron chi connectivity index (χ3n) is 4.15. The minimum absolute atomic E-state index is 0. The number of hydrogen-bond donors (Lipinski definition) is 1. The minimum Gasteiger partial charge on any atom is -0.377 e. The Labute approximate surface area is 122 Å². The van der Waals surface area contributed by atoms with E-state index in [4.69, 9.17) is 4.74 Å². The molecule has 0 aromatic heterocycles. The highest BCUT2D eigenvalue weighted by Gasteiger charge is 2.28. The van der Waals surface area contributed by atoms with Gasteiger partial charge < -0.3 is 15.0 Å². The second kappa shape index (κ2) is 8.08. The summed E-state index contributed by atoms with van der Waals surface area (Å²) >= 11 is 0. The summed E-state index contributed by atoms with van der Waals surface area (Å²) in [6, 6.07) is 0.788. The molecule has 2 heterocycles. The molecule has 2 aliphatic heterocycles. The summed E-state index contributed by atoms with van der Waals surface area (Å²) < 4.78 is 5.54. The molecule has 0 bridgehead atoms. The van der Waals surface area contributed by atoms with Gasteiger partial charge in [-0.3, -0.25) is 4.79 Å². The van der Waals surface area contributed by atoms with Gasteiger partial charge in [0.2, 0.25) is 5.91 Å². The topological polar surface area (TPSA) is 41.6 Å². The average molecular weight is 291 g/mol. The molecule has 4 nitrogen and oxygen atoms in total. The van der Waals surface area contributed by atoms with Gasteiger partial charge >= 0.3 is 0 Å². The Kier molecular flexibility index (Phi) is 7.11. The van der Waals surface area contributed by atoms with Gasteiger partial charge in [-0.05, 0) is 46.0 Å². The maximum Gasteiger partial charge on any atom is 0.237 e. The zero-order chi connectivity index (χ0) is 13.0. The lowest BCUT2D eigenvalue weighted by atomic mass is 9.97. The molecule has 3 unspecified atom stereocenters. The third-order valence-corrected chi connectivity index (χ3v) is 4.15. The van der Waals surface area contributed by atoms with E-state index in [1.54, 1.807) is 0 Å². The zero-order valence-electron chi connectivity index (χ0n) is 12.1. The number of nitrogens with one attached hydrogen (secondary N) is 1. The number of rotatable bonds is 4. The molecule has 2 aliphatic rings. The van der Waals surface area contributed by atoms with Crippen LogP contribution in [-0.4, -0.2) is 48.7 Å². The molecule has 5 heteroatoms. The van der Waals surface area contributed by atoms with Gasteiger partial charge in [-0.25, -0.2) is 0 Å². The van der Waals surface area contributed by atoms with Crippen molar-refractivity contribution in [1.29, 1.82) is 0 Å². The van der Waals surface area contributed by atoms with E-state index >= 15 is 0 Å². The van der Waals surface area contributed by atoms with E-state index in [-0.39, 0.29) is 18.3 Å². The van der Waals surface area contributed by atoms with Gasteiger partial charge in [-0.15, -0.1) is 12.4 Å². The number of hydrogen-bond acceptors (Lipinski definition) is 3. The Morgan fingerprint density at radius 1 is 1.21 bits per heavy atom. The molecule has 0 spiro atoms. The summed E-state index contributed by atoms with van der Waals surface area (Å²) in [5.41, 5.74) is 0. The first-order valence-corrected chi connectivity index (χ1v) is 7.32. The number of amides is 1. The molecule has 1 N–H and O–H groups in total. The zero-order valence-corrected chi connectivity index (χ0v) is 12.9. The van der Waals surface area contributed by atoms with Crippen LogP contribution in [0.1, 0.15) is 46.0 Å². The van der Waals surface area contributed by atoms with Crippen LogP contribution in [0, 0.1) is 0 Å². The molecule has 2 saturated heterocycles. The standard InChI is InChI=1S/C14H26N2O2.ClH/c1-11-5-3-6-12(2)16(11)14(17)10-15-9-13-7-4-8-18-13;/h11-13,15H,3-10H2,1-2H3;1H. The van der Waals surface area contributed by atoms with Crippen molar-refractivity contribution in [3.05, 3.63) is 0 Å². The summed E-state index contributed by atoms with van der Waals surface area (Å²) in [7, 11) is 0. The van der Waals surface area contributed by atoms with E-state index in [0.29, 0.717) is 24.7 Å². The summed E-state index contributed by atoms with van der Waals surface area (Å²) in [5.74, 6) is 0.243. The Balaban J connectivity index is 0.00000180. The molecule has 2 rings (SSSR count). The van der Waals surface area contributed by atoms with Crippen molar-refractivity contribution in [2.75, 3.05) is 19.7 Å². The van der Waals surface area contributed by atoms with Gasteiger partial charge in [0.1, 0.15) is 0 Å². The minimum atomic E-state index is 0. The number of piperidine rings is 1. The fraction of sp³-hybridized carbons (Fsp3) is 0.929. The van der Waals surface area contributed by atoms with Crippen molar-refractivity contribution < 1.29 is 9.53 Å². The Morgan fingerprint density at radius 3 is 2.47 bits per heavy atom. The van der Waals surface area contributed by atoms with Crippen molar-refractivity contribution in [1.82, 2.24) is 10.2 Å². The van der Waals surface area contributed by atoms with E-state index in [1.165, 1.54) is 6.42 Å². The van der Waals surface area contributed by atoms with Crippen LogP contribution < -0.4 is 5.32 Å². The van der Waals surface area contributed by atoms with Gasteiger partial charge in [-0.2, -0.15) is 0 Å². The van der Waals surface area contributed by atoms with Crippen LogP contribution in [0.15, 0.2) is 0 Å². The number of carbonyl (C=O) groups is 1. The van der Waals surface area contributed by atoms with Crippen molar-refractivity contribution in [2.45, 2.75) is 64.1 Å². The maximum atomic E-state index is 12.2. The predicted octanol–water partition coefficient (Wildman–Crippen LogP) is 1.97. The van der Waals surface area contributed by atoms with E-state index < -0.39 is 0 Å². The number of likely N-dealkylation sites (tertiary alicyclic amines) is 1. The van der Waals surface area contributed by atoms with Crippen LogP contribution in [-0.2, 0) is 9.53 Å². The van der Waals surface area contributed by atoms with Crippen molar-refractivity contribution in [3.8, 4) is 0 Å². The van der Waals surface area contributed by atoms with Gasteiger partial charge in [0, 0.05) is 25.2 Å². The van der Waals surface area contributed by atoms with E-state index in [2.05, 4.69) is 24.1 Å². The monoisotopic (exact) mass is 290 g/mol. The number of ether oxygens (including phenoxy) is 1. The van der Waals surface area contributed by atoms with Crippen LogP contribution in [0.5, 0.6) is 0 Å². The number of halogens is 1. The molecule has 0 aromatic carbocycles. The lowest BCUT2D eigenvalue weighted by molar-refractivity contribution is -0.136. The SMILES string of the molecule is CC1CCCC(C)N1C(=O)CNCC1CCCO1.Cl.